The molecular formula is C13H17NO2. The third-order valence-corrected chi connectivity index (χ3v) is 3.12. The van der Waals surface area contributed by atoms with Gasteiger partial charge in [0.15, 0.2) is 0 Å². The molecule has 1 aliphatic rings. The molecule has 0 aliphatic heterocycles. The van der Waals surface area contributed by atoms with Crippen LogP contribution < -0.4 is 5.32 Å². The summed E-state index contributed by atoms with van der Waals surface area (Å²) in [7, 11) is 1.41. The molecule has 0 unspecified atom stereocenters. The van der Waals surface area contributed by atoms with Gasteiger partial charge in [0, 0.05) is 11.7 Å². The zero-order valence-electron chi connectivity index (χ0n) is 9.75. The number of esters is 1. The molecule has 0 saturated heterocycles. The summed E-state index contributed by atoms with van der Waals surface area (Å²) in [6.45, 7) is 1.92. The standard InChI is InChI=1S/C13H17NO2/c1-9-6-7-11(14-10-4-3-5-10)8-12(9)13(15)16-2/h6-8,10,14H,3-5H2,1-2H3. The van der Waals surface area contributed by atoms with Gasteiger partial charge in [-0.25, -0.2) is 4.79 Å². The Hall–Kier alpha value is -1.51. The molecule has 2 rings (SSSR count). The molecule has 0 amide bonds. The molecule has 3 nitrogen and oxygen atoms in total. The Balaban J connectivity index is 2.17. The van der Waals surface area contributed by atoms with E-state index in [1.807, 2.05) is 25.1 Å². The van der Waals surface area contributed by atoms with E-state index >= 15 is 0 Å². The zero-order chi connectivity index (χ0) is 11.5. The van der Waals surface area contributed by atoms with Gasteiger partial charge >= 0.3 is 5.97 Å². The summed E-state index contributed by atoms with van der Waals surface area (Å²) in [5, 5.41) is 3.42. The van der Waals surface area contributed by atoms with Gasteiger partial charge in [-0.15, -0.1) is 0 Å². The molecule has 1 fully saturated rings. The molecule has 0 spiro atoms. The number of ether oxygens (including phenoxy) is 1. The van der Waals surface area contributed by atoms with Crippen LogP contribution in [0.4, 0.5) is 5.69 Å². The van der Waals surface area contributed by atoms with Crippen LogP contribution in [0.5, 0.6) is 0 Å². The predicted octanol–water partition coefficient (Wildman–Crippen LogP) is 2.75. The monoisotopic (exact) mass is 219 g/mol. The number of nitrogens with one attached hydrogen (secondary N) is 1. The number of carbonyl (C=O) groups excluding carboxylic acids is 1. The fourth-order valence-corrected chi connectivity index (χ4v) is 1.83. The average molecular weight is 219 g/mol. The molecule has 1 N–H and O–H groups in total. The summed E-state index contributed by atoms with van der Waals surface area (Å²) in [6.07, 6.45) is 3.75. The molecule has 16 heavy (non-hydrogen) atoms. The van der Waals surface area contributed by atoms with Gasteiger partial charge in [0.05, 0.1) is 12.7 Å². The van der Waals surface area contributed by atoms with E-state index in [0.29, 0.717) is 11.6 Å². The molecule has 1 aliphatic carbocycles. The van der Waals surface area contributed by atoms with Gasteiger partial charge in [-0.3, -0.25) is 0 Å². The highest BCUT2D eigenvalue weighted by molar-refractivity contribution is 5.92. The Morgan fingerprint density at radius 2 is 2.19 bits per heavy atom. The van der Waals surface area contributed by atoms with Gasteiger partial charge < -0.3 is 10.1 Å². The normalized spacial score (nSPS) is 15.4. The SMILES string of the molecule is COC(=O)c1cc(NC2CCC2)ccc1C. The maximum atomic E-state index is 11.5. The van der Waals surface area contributed by atoms with E-state index in [0.717, 1.165) is 11.3 Å². The quantitative estimate of drug-likeness (QED) is 0.794. The summed E-state index contributed by atoms with van der Waals surface area (Å²) in [5.74, 6) is -0.269. The first kappa shape index (κ1) is 11.0. The zero-order valence-corrected chi connectivity index (χ0v) is 9.75. The number of anilines is 1. The molecule has 0 aromatic heterocycles. The Morgan fingerprint density at radius 3 is 2.75 bits per heavy atom. The van der Waals surface area contributed by atoms with E-state index in [-0.39, 0.29) is 5.97 Å². The van der Waals surface area contributed by atoms with Gasteiger partial charge in [-0.2, -0.15) is 0 Å². The van der Waals surface area contributed by atoms with E-state index < -0.39 is 0 Å². The second kappa shape index (κ2) is 4.56. The molecule has 0 radical (unpaired) electrons. The number of hydrogen-bond acceptors (Lipinski definition) is 3. The molecule has 1 saturated carbocycles. The smallest absolute Gasteiger partial charge is 0.338 e. The second-order valence-corrected chi connectivity index (χ2v) is 4.29. The van der Waals surface area contributed by atoms with E-state index in [4.69, 9.17) is 4.74 Å². The second-order valence-electron chi connectivity index (χ2n) is 4.29. The van der Waals surface area contributed by atoms with Crippen molar-refractivity contribution >= 4 is 11.7 Å². The summed E-state index contributed by atoms with van der Waals surface area (Å²) >= 11 is 0. The van der Waals surface area contributed by atoms with Crippen molar-refractivity contribution in [3.63, 3.8) is 0 Å². The van der Waals surface area contributed by atoms with Crippen molar-refractivity contribution in [1.82, 2.24) is 0 Å². The van der Waals surface area contributed by atoms with Crippen molar-refractivity contribution < 1.29 is 9.53 Å². The fraction of sp³-hybridized carbons (Fsp3) is 0.462. The molecule has 1 aromatic rings. The van der Waals surface area contributed by atoms with Crippen LogP contribution in [0.15, 0.2) is 18.2 Å². The largest absolute Gasteiger partial charge is 0.465 e. The maximum absolute atomic E-state index is 11.5. The highest BCUT2D eigenvalue weighted by Gasteiger charge is 2.17. The van der Waals surface area contributed by atoms with Crippen molar-refractivity contribution in [3.8, 4) is 0 Å². The van der Waals surface area contributed by atoms with Crippen molar-refractivity contribution in [3.05, 3.63) is 29.3 Å². The van der Waals surface area contributed by atoms with Crippen LogP contribution >= 0.6 is 0 Å². The number of carbonyl (C=O) groups is 1. The van der Waals surface area contributed by atoms with Gasteiger partial charge in [0.1, 0.15) is 0 Å². The Kier molecular flexibility index (Phi) is 3.13. The minimum atomic E-state index is -0.269. The molecule has 0 heterocycles. The van der Waals surface area contributed by atoms with Crippen molar-refractivity contribution in [2.24, 2.45) is 0 Å². The van der Waals surface area contributed by atoms with Crippen molar-refractivity contribution in [1.29, 1.82) is 0 Å². The Morgan fingerprint density at radius 1 is 1.44 bits per heavy atom. The molecule has 86 valence electrons. The first-order valence-corrected chi connectivity index (χ1v) is 5.66. The minimum absolute atomic E-state index is 0.269. The third-order valence-electron chi connectivity index (χ3n) is 3.12. The lowest BCUT2D eigenvalue weighted by molar-refractivity contribution is 0.0600. The first-order valence-electron chi connectivity index (χ1n) is 5.66. The Bertz CT molecular complexity index is 397. The molecule has 1 aromatic carbocycles. The van der Waals surface area contributed by atoms with E-state index in [9.17, 15) is 4.79 Å². The fourth-order valence-electron chi connectivity index (χ4n) is 1.83. The van der Waals surface area contributed by atoms with Gasteiger partial charge in [-0.05, 0) is 43.9 Å². The van der Waals surface area contributed by atoms with Crippen LogP contribution in [-0.4, -0.2) is 19.1 Å². The molecule has 0 bridgehead atoms. The van der Waals surface area contributed by atoms with E-state index in [1.54, 1.807) is 0 Å². The lowest BCUT2D eigenvalue weighted by Crippen LogP contribution is -2.27. The highest BCUT2D eigenvalue weighted by atomic mass is 16.5. The lowest BCUT2D eigenvalue weighted by atomic mass is 9.93. The number of methoxy groups -OCH3 is 1. The lowest BCUT2D eigenvalue weighted by Gasteiger charge is -2.27. The summed E-state index contributed by atoms with van der Waals surface area (Å²) in [5.41, 5.74) is 2.61. The van der Waals surface area contributed by atoms with Gasteiger partial charge in [0.2, 0.25) is 0 Å². The number of aryl methyl sites for hydroxylation is 1. The minimum Gasteiger partial charge on any atom is -0.465 e. The number of hydrogen-bond donors (Lipinski definition) is 1. The van der Waals surface area contributed by atoms with Crippen LogP contribution in [0.25, 0.3) is 0 Å². The summed E-state index contributed by atoms with van der Waals surface area (Å²) in [6, 6.07) is 6.42. The number of rotatable bonds is 3. The maximum Gasteiger partial charge on any atom is 0.338 e. The number of benzene rings is 1. The molecule has 0 atom stereocenters. The van der Waals surface area contributed by atoms with E-state index in [1.165, 1.54) is 26.4 Å². The average Bonchev–Trinajstić information content (AvgIpc) is 2.24. The Labute approximate surface area is 95.8 Å². The summed E-state index contributed by atoms with van der Waals surface area (Å²) < 4.78 is 4.75. The van der Waals surface area contributed by atoms with Crippen LogP contribution in [-0.2, 0) is 4.74 Å². The van der Waals surface area contributed by atoms with Gasteiger partial charge in [0.25, 0.3) is 0 Å². The first-order chi connectivity index (χ1) is 7.70. The van der Waals surface area contributed by atoms with E-state index in [2.05, 4.69) is 5.32 Å². The van der Waals surface area contributed by atoms with Crippen LogP contribution in [0.3, 0.4) is 0 Å². The van der Waals surface area contributed by atoms with Crippen molar-refractivity contribution in [2.45, 2.75) is 32.2 Å². The third kappa shape index (κ3) is 2.18. The predicted molar refractivity (Wildman–Crippen MR) is 63.8 cm³/mol. The molecular weight excluding hydrogens is 202 g/mol. The van der Waals surface area contributed by atoms with Crippen LogP contribution in [0.1, 0.15) is 35.2 Å². The highest BCUT2D eigenvalue weighted by Crippen LogP contribution is 2.24. The topological polar surface area (TPSA) is 38.3 Å². The van der Waals surface area contributed by atoms with Gasteiger partial charge in [-0.1, -0.05) is 6.07 Å². The molecule has 3 heteroatoms. The van der Waals surface area contributed by atoms with Crippen molar-refractivity contribution in [2.75, 3.05) is 12.4 Å². The van der Waals surface area contributed by atoms with Crippen LogP contribution in [0, 0.1) is 6.92 Å². The summed E-state index contributed by atoms with van der Waals surface area (Å²) in [4.78, 5) is 11.5. The van der Waals surface area contributed by atoms with Crippen LogP contribution in [0.2, 0.25) is 0 Å².